The summed E-state index contributed by atoms with van der Waals surface area (Å²) in [4.78, 5) is 27.3. The van der Waals surface area contributed by atoms with Gasteiger partial charge in [0.2, 0.25) is 5.91 Å². The van der Waals surface area contributed by atoms with Crippen molar-refractivity contribution in [3.63, 3.8) is 0 Å². The molecule has 0 saturated heterocycles. The summed E-state index contributed by atoms with van der Waals surface area (Å²) in [5.41, 5.74) is 1.27. The fourth-order valence-corrected chi connectivity index (χ4v) is 1.97. The van der Waals surface area contributed by atoms with Crippen LogP contribution in [0.4, 0.5) is 4.39 Å². The number of halogens is 1. The van der Waals surface area contributed by atoms with Crippen LogP contribution in [0.25, 0.3) is 0 Å². The molecular formula is C17H18FN3O2. The highest BCUT2D eigenvalue weighted by molar-refractivity contribution is 5.93. The van der Waals surface area contributed by atoms with Crippen molar-refractivity contribution in [2.45, 2.75) is 12.8 Å². The summed E-state index contributed by atoms with van der Waals surface area (Å²) in [5.74, 6) is -0.635. The molecule has 1 aromatic carbocycles. The van der Waals surface area contributed by atoms with Crippen molar-refractivity contribution in [2.75, 3.05) is 13.1 Å². The molecule has 6 heteroatoms. The lowest BCUT2D eigenvalue weighted by Gasteiger charge is -2.07. The summed E-state index contributed by atoms with van der Waals surface area (Å²) in [6.45, 7) is 0.928. The molecule has 23 heavy (non-hydrogen) atoms. The SMILES string of the molecule is O=C(Cc1ccc(F)cc1)NCCCNC(=O)c1cccnc1. The summed E-state index contributed by atoms with van der Waals surface area (Å²) in [6.07, 6.45) is 3.94. The molecule has 0 aliphatic carbocycles. The number of carbonyl (C=O) groups is 2. The highest BCUT2D eigenvalue weighted by Crippen LogP contribution is 2.03. The fourth-order valence-electron chi connectivity index (χ4n) is 1.97. The molecule has 2 amide bonds. The first kappa shape index (κ1) is 16.6. The van der Waals surface area contributed by atoms with Gasteiger partial charge in [-0.05, 0) is 36.2 Å². The van der Waals surface area contributed by atoms with Crippen molar-refractivity contribution < 1.29 is 14.0 Å². The third-order valence-corrected chi connectivity index (χ3v) is 3.16. The predicted molar refractivity (Wildman–Crippen MR) is 84.3 cm³/mol. The van der Waals surface area contributed by atoms with Gasteiger partial charge in [-0.25, -0.2) is 4.39 Å². The normalized spacial score (nSPS) is 10.1. The van der Waals surface area contributed by atoms with Crippen LogP contribution in [0.1, 0.15) is 22.3 Å². The van der Waals surface area contributed by atoms with Crippen LogP contribution in [0.15, 0.2) is 48.8 Å². The Balaban J connectivity index is 1.61. The molecule has 1 heterocycles. The third-order valence-electron chi connectivity index (χ3n) is 3.16. The van der Waals surface area contributed by atoms with Gasteiger partial charge in [-0.2, -0.15) is 0 Å². The van der Waals surface area contributed by atoms with Crippen molar-refractivity contribution in [1.29, 1.82) is 0 Å². The molecule has 0 radical (unpaired) electrons. The molecule has 2 N–H and O–H groups in total. The van der Waals surface area contributed by atoms with Gasteiger partial charge in [0.05, 0.1) is 12.0 Å². The molecule has 0 atom stereocenters. The third kappa shape index (κ3) is 5.86. The Morgan fingerprint density at radius 3 is 2.48 bits per heavy atom. The van der Waals surface area contributed by atoms with E-state index in [1.165, 1.54) is 18.3 Å². The van der Waals surface area contributed by atoms with Crippen LogP contribution < -0.4 is 10.6 Å². The van der Waals surface area contributed by atoms with Crippen LogP contribution in [0.5, 0.6) is 0 Å². The van der Waals surface area contributed by atoms with E-state index in [4.69, 9.17) is 0 Å². The van der Waals surface area contributed by atoms with Crippen molar-refractivity contribution in [3.05, 3.63) is 65.7 Å². The van der Waals surface area contributed by atoms with E-state index in [0.717, 1.165) is 5.56 Å². The molecule has 0 aliphatic heterocycles. The van der Waals surface area contributed by atoms with Crippen molar-refractivity contribution in [1.82, 2.24) is 15.6 Å². The van der Waals surface area contributed by atoms with E-state index in [2.05, 4.69) is 15.6 Å². The number of nitrogens with one attached hydrogen (secondary N) is 2. The fraction of sp³-hybridized carbons (Fsp3) is 0.235. The van der Waals surface area contributed by atoms with Crippen molar-refractivity contribution in [2.24, 2.45) is 0 Å². The molecule has 1 aromatic heterocycles. The summed E-state index contributed by atoms with van der Waals surface area (Å²) in [6, 6.07) is 9.22. The van der Waals surface area contributed by atoms with Crippen LogP contribution in [0.2, 0.25) is 0 Å². The Hall–Kier alpha value is -2.76. The number of nitrogens with zero attached hydrogens (tertiary/aromatic N) is 1. The van der Waals surface area contributed by atoms with Crippen LogP contribution in [-0.4, -0.2) is 29.9 Å². The Kier molecular flexibility index (Phi) is 6.23. The molecule has 0 aliphatic rings. The first-order valence-corrected chi connectivity index (χ1v) is 7.34. The monoisotopic (exact) mass is 315 g/mol. The zero-order valence-electron chi connectivity index (χ0n) is 12.6. The molecule has 5 nitrogen and oxygen atoms in total. The molecule has 120 valence electrons. The second kappa shape index (κ2) is 8.63. The lowest BCUT2D eigenvalue weighted by Crippen LogP contribution is -2.30. The largest absolute Gasteiger partial charge is 0.356 e. The van der Waals surface area contributed by atoms with E-state index in [0.29, 0.717) is 25.1 Å². The number of hydrogen-bond acceptors (Lipinski definition) is 3. The maximum Gasteiger partial charge on any atom is 0.252 e. The molecule has 0 unspecified atom stereocenters. The molecule has 0 fully saturated rings. The van der Waals surface area contributed by atoms with Crippen LogP contribution >= 0.6 is 0 Å². The van der Waals surface area contributed by atoms with Gasteiger partial charge in [0.1, 0.15) is 5.82 Å². The van der Waals surface area contributed by atoms with Crippen molar-refractivity contribution >= 4 is 11.8 Å². The Morgan fingerprint density at radius 1 is 1.04 bits per heavy atom. The van der Waals surface area contributed by atoms with E-state index in [9.17, 15) is 14.0 Å². The molecule has 2 aromatic rings. The molecule has 0 saturated carbocycles. The molecule has 0 spiro atoms. The van der Waals surface area contributed by atoms with E-state index >= 15 is 0 Å². The Labute approximate surface area is 133 Å². The van der Waals surface area contributed by atoms with Crippen LogP contribution in [0, 0.1) is 5.82 Å². The minimum Gasteiger partial charge on any atom is -0.356 e. The van der Waals surface area contributed by atoms with E-state index < -0.39 is 0 Å². The number of aromatic nitrogens is 1. The van der Waals surface area contributed by atoms with E-state index in [-0.39, 0.29) is 24.1 Å². The zero-order valence-corrected chi connectivity index (χ0v) is 12.6. The van der Waals surface area contributed by atoms with Gasteiger partial charge in [-0.1, -0.05) is 12.1 Å². The minimum absolute atomic E-state index is 0.129. The zero-order chi connectivity index (χ0) is 16.5. The second-order valence-corrected chi connectivity index (χ2v) is 5.00. The van der Waals surface area contributed by atoms with Gasteiger partial charge < -0.3 is 10.6 Å². The number of pyridine rings is 1. The summed E-state index contributed by atoms with van der Waals surface area (Å²) < 4.78 is 12.8. The molecule has 2 rings (SSSR count). The van der Waals surface area contributed by atoms with Gasteiger partial charge in [0, 0.05) is 25.5 Å². The number of rotatable bonds is 7. The smallest absolute Gasteiger partial charge is 0.252 e. The van der Waals surface area contributed by atoms with Gasteiger partial charge in [0.15, 0.2) is 0 Å². The highest BCUT2D eigenvalue weighted by Gasteiger charge is 2.05. The standard InChI is InChI=1S/C17H18FN3O2/c18-15-6-4-13(5-7-15)11-16(22)20-9-2-10-21-17(23)14-3-1-8-19-12-14/h1,3-8,12H,2,9-11H2,(H,20,22)(H,21,23). The van der Waals surface area contributed by atoms with Crippen LogP contribution in [0.3, 0.4) is 0 Å². The molecule has 0 bridgehead atoms. The first-order chi connectivity index (χ1) is 11.1. The molecular weight excluding hydrogens is 297 g/mol. The van der Waals surface area contributed by atoms with Crippen molar-refractivity contribution in [3.8, 4) is 0 Å². The summed E-state index contributed by atoms with van der Waals surface area (Å²) in [7, 11) is 0. The average molecular weight is 315 g/mol. The lowest BCUT2D eigenvalue weighted by atomic mass is 10.1. The van der Waals surface area contributed by atoms with Gasteiger partial charge >= 0.3 is 0 Å². The summed E-state index contributed by atoms with van der Waals surface area (Å²) in [5, 5.41) is 5.52. The minimum atomic E-state index is -0.321. The lowest BCUT2D eigenvalue weighted by molar-refractivity contribution is -0.120. The second-order valence-electron chi connectivity index (χ2n) is 5.00. The number of amides is 2. The van der Waals surface area contributed by atoms with E-state index in [1.54, 1.807) is 30.5 Å². The summed E-state index contributed by atoms with van der Waals surface area (Å²) >= 11 is 0. The van der Waals surface area contributed by atoms with E-state index in [1.807, 2.05) is 0 Å². The van der Waals surface area contributed by atoms with Gasteiger partial charge in [-0.3, -0.25) is 14.6 Å². The Bertz CT molecular complexity index is 645. The maximum absolute atomic E-state index is 12.8. The maximum atomic E-state index is 12.8. The first-order valence-electron chi connectivity index (χ1n) is 7.34. The predicted octanol–water partition coefficient (Wildman–Crippen LogP) is 1.70. The average Bonchev–Trinajstić information content (AvgIpc) is 2.57. The highest BCUT2D eigenvalue weighted by atomic mass is 19.1. The topological polar surface area (TPSA) is 71.1 Å². The van der Waals surface area contributed by atoms with Gasteiger partial charge in [0.25, 0.3) is 5.91 Å². The quantitative estimate of drug-likeness (QED) is 0.764. The number of hydrogen-bond donors (Lipinski definition) is 2. The Morgan fingerprint density at radius 2 is 1.78 bits per heavy atom. The van der Waals surface area contributed by atoms with Gasteiger partial charge in [-0.15, -0.1) is 0 Å². The number of benzene rings is 1. The van der Waals surface area contributed by atoms with Crippen LogP contribution in [-0.2, 0) is 11.2 Å². The number of carbonyl (C=O) groups excluding carboxylic acids is 2.